The van der Waals surface area contributed by atoms with Crippen LogP contribution >= 0.6 is 11.6 Å². The third kappa shape index (κ3) is 3.12. The predicted octanol–water partition coefficient (Wildman–Crippen LogP) is 3.00. The summed E-state index contributed by atoms with van der Waals surface area (Å²) < 4.78 is 1.87. The number of rotatable bonds is 3. The summed E-state index contributed by atoms with van der Waals surface area (Å²) in [7, 11) is 1.92. The highest BCUT2D eigenvalue weighted by atomic mass is 35.5. The number of piperidine rings is 1. The molecule has 1 aromatic heterocycles. The van der Waals surface area contributed by atoms with Crippen LogP contribution in [-0.4, -0.2) is 38.6 Å². The lowest BCUT2D eigenvalue weighted by molar-refractivity contribution is -0.384. The van der Waals surface area contributed by atoms with Crippen molar-refractivity contribution in [2.45, 2.75) is 18.8 Å². The summed E-state index contributed by atoms with van der Waals surface area (Å²) >= 11 is 5.89. The Hall–Kier alpha value is -2.41. The summed E-state index contributed by atoms with van der Waals surface area (Å²) in [5.41, 5.74) is 1.37. The van der Waals surface area contributed by atoms with Gasteiger partial charge in [0.25, 0.3) is 11.6 Å². The zero-order chi connectivity index (χ0) is 17.3. The van der Waals surface area contributed by atoms with Crippen LogP contribution in [0.4, 0.5) is 5.69 Å². The molecular weight excluding hydrogens is 332 g/mol. The Balaban J connectivity index is 1.68. The summed E-state index contributed by atoms with van der Waals surface area (Å²) in [4.78, 5) is 24.6. The maximum absolute atomic E-state index is 12.6. The molecule has 1 amide bonds. The number of benzene rings is 1. The van der Waals surface area contributed by atoms with E-state index in [1.165, 1.54) is 23.9 Å². The van der Waals surface area contributed by atoms with Gasteiger partial charge in [-0.25, -0.2) is 0 Å². The molecule has 0 spiro atoms. The van der Waals surface area contributed by atoms with Gasteiger partial charge in [-0.05, 0) is 31.0 Å². The molecule has 0 bridgehead atoms. The molecule has 1 aromatic carbocycles. The van der Waals surface area contributed by atoms with Crippen LogP contribution in [0.25, 0.3) is 0 Å². The number of hydrogen-bond donors (Lipinski definition) is 0. The molecule has 8 heteroatoms. The standard InChI is InChI=1S/C16H17ClN4O3/c1-19-14(4-7-18-19)11-5-8-20(9-6-11)16(22)12-2-3-15(21(23)24)13(17)10-12/h2-4,7,10-11H,5-6,8-9H2,1H3. The van der Waals surface area contributed by atoms with Gasteiger partial charge in [0, 0.05) is 49.6 Å². The summed E-state index contributed by atoms with van der Waals surface area (Å²) in [6.45, 7) is 1.28. The molecule has 1 saturated heterocycles. The van der Waals surface area contributed by atoms with Crippen molar-refractivity contribution in [2.24, 2.45) is 7.05 Å². The van der Waals surface area contributed by atoms with E-state index in [2.05, 4.69) is 5.10 Å². The lowest BCUT2D eigenvalue weighted by atomic mass is 9.93. The van der Waals surface area contributed by atoms with Crippen LogP contribution in [-0.2, 0) is 7.05 Å². The van der Waals surface area contributed by atoms with Gasteiger partial charge in [-0.2, -0.15) is 5.10 Å². The Kier molecular flexibility index (Phi) is 4.53. The van der Waals surface area contributed by atoms with E-state index in [9.17, 15) is 14.9 Å². The highest BCUT2D eigenvalue weighted by molar-refractivity contribution is 6.33. The van der Waals surface area contributed by atoms with Gasteiger partial charge in [-0.15, -0.1) is 0 Å². The molecule has 2 aromatic rings. The lowest BCUT2D eigenvalue weighted by Gasteiger charge is -2.32. The lowest BCUT2D eigenvalue weighted by Crippen LogP contribution is -2.38. The molecule has 0 saturated carbocycles. The molecule has 1 fully saturated rings. The zero-order valence-corrected chi connectivity index (χ0v) is 13.9. The third-order valence-electron chi connectivity index (χ3n) is 4.45. The molecule has 0 atom stereocenters. The summed E-state index contributed by atoms with van der Waals surface area (Å²) in [5, 5.41) is 15.0. The van der Waals surface area contributed by atoms with E-state index < -0.39 is 4.92 Å². The Morgan fingerprint density at radius 1 is 1.33 bits per heavy atom. The Labute approximate surface area is 144 Å². The van der Waals surface area contributed by atoms with Gasteiger partial charge in [0.05, 0.1) is 4.92 Å². The fourth-order valence-electron chi connectivity index (χ4n) is 3.13. The molecule has 0 unspecified atom stereocenters. The normalized spacial score (nSPS) is 15.5. The van der Waals surface area contributed by atoms with E-state index in [1.807, 2.05) is 17.8 Å². The van der Waals surface area contributed by atoms with Crippen molar-refractivity contribution in [3.63, 3.8) is 0 Å². The summed E-state index contributed by atoms with van der Waals surface area (Å²) in [6.07, 6.45) is 3.52. The molecule has 24 heavy (non-hydrogen) atoms. The highest BCUT2D eigenvalue weighted by Gasteiger charge is 2.26. The second kappa shape index (κ2) is 6.60. The molecule has 2 heterocycles. The molecule has 7 nitrogen and oxygen atoms in total. The molecule has 0 radical (unpaired) electrons. The van der Waals surface area contributed by atoms with Crippen molar-refractivity contribution in [3.8, 4) is 0 Å². The molecular formula is C16H17ClN4O3. The minimum Gasteiger partial charge on any atom is -0.339 e. The molecule has 1 aliphatic rings. The monoisotopic (exact) mass is 348 g/mol. The van der Waals surface area contributed by atoms with Crippen LogP contribution in [0.15, 0.2) is 30.5 Å². The minimum absolute atomic E-state index is 0.0179. The highest BCUT2D eigenvalue weighted by Crippen LogP contribution is 2.29. The average molecular weight is 349 g/mol. The quantitative estimate of drug-likeness (QED) is 0.630. The first-order valence-electron chi connectivity index (χ1n) is 7.68. The van der Waals surface area contributed by atoms with Gasteiger partial charge in [0.2, 0.25) is 0 Å². The van der Waals surface area contributed by atoms with Gasteiger partial charge in [0.1, 0.15) is 5.02 Å². The van der Waals surface area contributed by atoms with Crippen LogP contribution < -0.4 is 0 Å². The maximum atomic E-state index is 12.6. The van der Waals surface area contributed by atoms with Crippen molar-refractivity contribution in [1.29, 1.82) is 0 Å². The number of nitro benzene ring substituents is 1. The first-order chi connectivity index (χ1) is 11.5. The van der Waals surface area contributed by atoms with E-state index in [1.54, 1.807) is 11.1 Å². The number of nitrogens with zero attached hydrogens (tertiary/aromatic N) is 4. The zero-order valence-electron chi connectivity index (χ0n) is 13.2. The summed E-state index contributed by atoms with van der Waals surface area (Å²) in [6, 6.07) is 6.12. The van der Waals surface area contributed by atoms with Crippen LogP contribution in [0.5, 0.6) is 0 Å². The second-order valence-corrected chi connectivity index (χ2v) is 6.28. The number of likely N-dealkylation sites (tertiary alicyclic amines) is 1. The van der Waals surface area contributed by atoms with Gasteiger partial charge in [0.15, 0.2) is 0 Å². The van der Waals surface area contributed by atoms with E-state index in [0.29, 0.717) is 24.6 Å². The van der Waals surface area contributed by atoms with Crippen molar-refractivity contribution >= 4 is 23.2 Å². The van der Waals surface area contributed by atoms with Crippen molar-refractivity contribution in [3.05, 3.63) is 56.9 Å². The van der Waals surface area contributed by atoms with Crippen molar-refractivity contribution in [2.75, 3.05) is 13.1 Å². The second-order valence-electron chi connectivity index (χ2n) is 5.87. The van der Waals surface area contributed by atoms with Crippen LogP contribution in [0.3, 0.4) is 0 Å². The van der Waals surface area contributed by atoms with Gasteiger partial charge < -0.3 is 4.90 Å². The largest absolute Gasteiger partial charge is 0.339 e. The first-order valence-corrected chi connectivity index (χ1v) is 8.06. The number of carbonyl (C=O) groups is 1. The number of halogens is 1. The molecule has 0 aliphatic carbocycles. The van der Waals surface area contributed by atoms with E-state index in [4.69, 9.17) is 11.6 Å². The number of hydrogen-bond acceptors (Lipinski definition) is 4. The maximum Gasteiger partial charge on any atom is 0.287 e. The van der Waals surface area contributed by atoms with Gasteiger partial charge in [-0.3, -0.25) is 19.6 Å². The molecule has 1 aliphatic heterocycles. The van der Waals surface area contributed by atoms with Crippen molar-refractivity contribution in [1.82, 2.24) is 14.7 Å². The topological polar surface area (TPSA) is 81.3 Å². The predicted molar refractivity (Wildman–Crippen MR) is 89.2 cm³/mol. The number of carbonyl (C=O) groups excluding carboxylic acids is 1. The van der Waals surface area contributed by atoms with E-state index in [0.717, 1.165) is 12.8 Å². The Bertz CT molecular complexity index is 781. The smallest absolute Gasteiger partial charge is 0.287 e. The van der Waals surface area contributed by atoms with Crippen molar-refractivity contribution < 1.29 is 9.72 Å². The van der Waals surface area contributed by atoms with Crippen LogP contribution in [0, 0.1) is 10.1 Å². The third-order valence-corrected chi connectivity index (χ3v) is 4.75. The number of amides is 1. The number of aromatic nitrogens is 2. The van der Waals surface area contributed by atoms with Gasteiger partial charge >= 0.3 is 0 Å². The SMILES string of the molecule is Cn1nccc1C1CCN(C(=O)c2ccc([N+](=O)[O-])c(Cl)c2)CC1. The van der Waals surface area contributed by atoms with E-state index in [-0.39, 0.29) is 16.6 Å². The average Bonchev–Trinajstić information content (AvgIpc) is 3.00. The Morgan fingerprint density at radius 3 is 2.58 bits per heavy atom. The first kappa shape index (κ1) is 16.4. The van der Waals surface area contributed by atoms with E-state index >= 15 is 0 Å². The molecule has 126 valence electrons. The number of aryl methyl sites for hydroxylation is 1. The van der Waals surface area contributed by atoms with Crippen LogP contribution in [0.2, 0.25) is 5.02 Å². The fourth-order valence-corrected chi connectivity index (χ4v) is 3.38. The van der Waals surface area contributed by atoms with Gasteiger partial charge in [-0.1, -0.05) is 11.6 Å². The number of nitro groups is 1. The summed E-state index contributed by atoms with van der Waals surface area (Å²) in [5.74, 6) is 0.247. The molecule has 0 N–H and O–H groups in total. The van der Waals surface area contributed by atoms with Crippen LogP contribution in [0.1, 0.15) is 34.8 Å². The fraction of sp³-hybridized carbons (Fsp3) is 0.375. The molecule has 3 rings (SSSR count). The minimum atomic E-state index is -0.560. The Morgan fingerprint density at radius 2 is 2.04 bits per heavy atom.